The third-order valence-corrected chi connectivity index (χ3v) is 7.71. The Hall–Kier alpha value is -6.52. The smallest absolute Gasteiger partial charge is 0.490 e. The zero-order valence-electron chi connectivity index (χ0n) is 27.2. The van der Waals surface area contributed by atoms with E-state index >= 15 is 0 Å². The molecule has 0 amide bonds. The quantitative estimate of drug-likeness (QED) is 0.0571. The molecule has 0 spiro atoms. The SMILES string of the molecule is COc1ccc(-c2c3c4cc(OC)c(OCCCN=C(N)N)cc4oc(=O)c3n3ccc4cc(O)c(OC)cc4c23)cc1O.O=C(O)C(F)(F)F. The first-order valence-electron chi connectivity index (χ1n) is 14.9. The first-order valence-corrected chi connectivity index (χ1v) is 14.9. The molecular formula is C34H31F3N4O10. The molecule has 0 bridgehead atoms. The van der Waals surface area contributed by atoms with Crippen LogP contribution in [0.25, 0.3) is 49.3 Å². The molecule has 0 aliphatic rings. The van der Waals surface area contributed by atoms with Crippen LogP contribution in [0.4, 0.5) is 13.2 Å². The van der Waals surface area contributed by atoms with Crippen molar-refractivity contribution in [3.05, 3.63) is 65.1 Å². The minimum absolute atomic E-state index is 0.00281. The first kappa shape index (κ1) is 35.8. The number of nitrogens with zero attached hydrogens (tertiary/aromatic N) is 2. The molecule has 17 heteroatoms. The van der Waals surface area contributed by atoms with E-state index in [1.807, 2.05) is 0 Å². The van der Waals surface area contributed by atoms with E-state index in [2.05, 4.69) is 4.99 Å². The minimum atomic E-state index is -5.08. The molecule has 0 saturated heterocycles. The number of carboxylic acids is 1. The number of carboxylic acid groups (broad SMARTS) is 1. The Balaban J connectivity index is 0.000000654. The Morgan fingerprint density at radius 1 is 0.882 bits per heavy atom. The summed E-state index contributed by atoms with van der Waals surface area (Å²) >= 11 is 0. The lowest BCUT2D eigenvalue weighted by Gasteiger charge is -2.12. The number of aromatic nitrogens is 1. The molecule has 0 fully saturated rings. The number of fused-ring (bicyclic) bond motifs is 7. The Morgan fingerprint density at radius 2 is 1.53 bits per heavy atom. The number of guanidine groups is 1. The van der Waals surface area contributed by atoms with Gasteiger partial charge in [0.25, 0.3) is 0 Å². The third-order valence-electron chi connectivity index (χ3n) is 7.71. The monoisotopic (exact) mass is 712 g/mol. The number of nitrogens with two attached hydrogens (primary N) is 2. The maximum Gasteiger partial charge on any atom is 0.490 e. The number of hydrogen-bond acceptors (Lipinski definition) is 10. The van der Waals surface area contributed by atoms with Crippen molar-refractivity contribution >= 4 is 50.1 Å². The zero-order valence-corrected chi connectivity index (χ0v) is 27.2. The Kier molecular flexibility index (Phi) is 9.92. The van der Waals surface area contributed by atoms with E-state index in [1.165, 1.54) is 21.3 Å². The van der Waals surface area contributed by atoms with Crippen LogP contribution in [0.5, 0.6) is 34.5 Å². The van der Waals surface area contributed by atoms with Crippen molar-refractivity contribution in [3.63, 3.8) is 0 Å². The summed E-state index contributed by atoms with van der Waals surface area (Å²) in [4.78, 5) is 26.6. The number of aromatic hydroxyl groups is 2. The largest absolute Gasteiger partial charge is 0.504 e. The lowest BCUT2D eigenvalue weighted by Crippen LogP contribution is -2.23. The normalized spacial score (nSPS) is 11.3. The summed E-state index contributed by atoms with van der Waals surface area (Å²) in [6.07, 6.45) is -2.79. The summed E-state index contributed by atoms with van der Waals surface area (Å²) in [6.45, 7) is 0.679. The van der Waals surface area contributed by atoms with Crippen molar-refractivity contribution in [2.45, 2.75) is 12.6 Å². The molecule has 51 heavy (non-hydrogen) atoms. The van der Waals surface area contributed by atoms with Crippen LogP contribution in [0, 0.1) is 0 Å². The highest BCUT2D eigenvalue weighted by molar-refractivity contribution is 6.22. The van der Waals surface area contributed by atoms with Crippen LogP contribution in [0.2, 0.25) is 0 Å². The van der Waals surface area contributed by atoms with Crippen LogP contribution < -0.4 is 36.0 Å². The van der Waals surface area contributed by atoms with Gasteiger partial charge in [0.2, 0.25) is 0 Å². The number of phenolic OH excluding ortho intramolecular Hbond substituents is 2. The van der Waals surface area contributed by atoms with E-state index in [1.54, 1.807) is 59.1 Å². The summed E-state index contributed by atoms with van der Waals surface area (Å²) in [6, 6.07) is 13.5. The molecule has 14 nitrogen and oxygen atoms in total. The summed E-state index contributed by atoms with van der Waals surface area (Å²) < 4.78 is 61.7. The summed E-state index contributed by atoms with van der Waals surface area (Å²) in [5.41, 5.74) is 12.7. The second-order valence-corrected chi connectivity index (χ2v) is 10.8. The molecule has 3 aromatic heterocycles. The Morgan fingerprint density at radius 3 is 2.14 bits per heavy atom. The minimum Gasteiger partial charge on any atom is -0.504 e. The topological polar surface area (TPSA) is 214 Å². The number of aliphatic carboxylic acids is 1. The van der Waals surface area contributed by atoms with Gasteiger partial charge in [0.1, 0.15) is 11.1 Å². The van der Waals surface area contributed by atoms with E-state index in [4.69, 9.17) is 44.7 Å². The highest BCUT2D eigenvalue weighted by Crippen LogP contribution is 2.46. The number of carbonyl (C=O) groups is 1. The molecule has 0 saturated carbocycles. The number of pyridine rings is 1. The van der Waals surface area contributed by atoms with Crippen molar-refractivity contribution in [3.8, 4) is 45.6 Å². The highest BCUT2D eigenvalue weighted by atomic mass is 19.4. The number of alkyl halides is 3. The average molecular weight is 713 g/mol. The standard InChI is InChI=1S/C32H30N4O8.C2HF3O2/c1-40-22-6-5-17(12-20(22)37)27-28-19-14-25(42-3)26(43-10-4-8-35-32(33)34)15-23(19)44-31(39)30(28)36-9-7-16-11-21(38)24(41-2)13-18(16)29(27)36;3-2(4,5)1(6)7/h5-7,9,11-15,37-38H,4,8,10H2,1-3H3,(H4,33,34,35);(H,6,7). The summed E-state index contributed by atoms with van der Waals surface area (Å²) in [7, 11) is 4.46. The molecule has 6 aromatic rings. The van der Waals surface area contributed by atoms with Crippen molar-refractivity contribution in [1.29, 1.82) is 0 Å². The average Bonchev–Trinajstić information content (AvgIpc) is 3.43. The lowest BCUT2D eigenvalue weighted by atomic mass is 9.98. The van der Waals surface area contributed by atoms with Crippen LogP contribution in [0.1, 0.15) is 6.42 Å². The molecule has 3 aromatic carbocycles. The zero-order chi connectivity index (χ0) is 37.2. The maximum absolute atomic E-state index is 13.7. The van der Waals surface area contributed by atoms with Crippen LogP contribution >= 0.6 is 0 Å². The second kappa shape index (κ2) is 14.1. The highest BCUT2D eigenvalue weighted by Gasteiger charge is 2.38. The number of methoxy groups -OCH3 is 3. The second-order valence-electron chi connectivity index (χ2n) is 10.8. The number of benzene rings is 3. The number of ether oxygens (including phenoxy) is 4. The van der Waals surface area contributed by atoms with Gasteiger partial charge in [0.05, 0.1) is 33.5 Å². The fraction of sp³-hybridized carbons (Fsp3) is 0.206. The predicted molar refractivity (Wildman–Crippen MR) is 181 cm³/mol. The van der Waals surface area contributed by atoms with E-state index in [9.17, 15) is 28.2 Å². The maximum atomic E-state index is 13.7. The van der Waals surface area contributed by atoms with Crippen molar-refractivity contribution in [2.75, 3.05) is 34.5 Å². The molecule has 0 aliphatic carbocycles. The van der Waals surface area contributed by atoms with Gasteiger partial charge < -0.3 is 54.6 Å². The molecule has 0 radical (unpaired) electrons. The van der Waals surface area contributed by atoms with Gasteiger partial charge in [-0.3, -0.25) is 4.99 Å². The Labute approximate surface area is 285 Å². The van der Waals surface area contributed by atoms with Crippen LogP contribution in [-0.2, 0) is 4.79 Å². The summed E-state index contributed by atoms with van der Waals surface area (Å²) in [5, 5.41) is 31.0. The fourth-order valence-corrected chi connectivity index (χ4v) is 5.53. The lowest BCUT2D eigenvalue weighted by molar-refractivity contribution is -0.192. The van der Waals surface area contributed by atoms with Crippen LogP contribution in [0.15, 0.2) is 68.9 Å². The fourth-order valence-electron chi connectivity index (χ4n) is 5.53. The first-order chi connectivity index (χ1) is 24.2. The van der Waals surface area contributed by atoms with Gasteiger partial charge in [-0.05, 0) is 47.3 Å². The van der Waals surface area contributed by atoms with Crippen LogP contribution in [-0.4, -0.2) is 72.3 Å². The van der Waals surface area contributed by atoms with Gasteiger partial charge in [-0.15, -0.1) is 0 Å². The molecule has 0 aliphatic heterocycles. The molecule has 3 heterocycles. The number of aliphatic imine (C=N–C) groups is 1. The van der Waals surface area contributed by atoms with E-state index in [0.717, 1.165) is 0 Å². The van der Waals surface area contributed by atoms with Crippen LogP contribution in [0.3, 0.4) is 0 Å². The van der Waals surface area contributed by atoms with E-state index < -0.39 is 17.8 Å². The number of rotatable bonds is 9. The Bertz CT molecular complexity index is 2380. The number of hydrogen-bond donors (Lipinski definition) is 5. The van der Waals surface area contributed by atoms with Gasteiger partial charge in [0, 0.05) is 47.0 Å². The molecule has 268 valence electrons. The van der Waals surface area contributed by atoms with Gasteiger partial charge >= 0.3 is 17.8 Å². The van der Waals surface area contributed by atoms with E-state index in [-0.39, 0.29) is 40.9 Å². The van der Waals surface area contributed by atoms with Gasteiger partial charge in [-0.25, -0.2) is 9.59 Å². The number of phenols is 2. The molecule has 7 N–H and O–H groups in total. The van der Waals surface area contributed by atoms with Crippen molar-refractivity contribution in [2.24, 2.45) is 16.5 Å². The van der Waals surface area contributed by atoms with Crippen molar-refractivity contribution < 1.29 is 56.6 Å². The van der Waals surface area contributed by atoms with Gasteiger partial charge in [-0.1, -0.05) is 6.07 Å². The number of halogens is 3. The van der Waals surface area contributed by atoms with Gasteiger partial charge in [0.15, 0.2) is 40.5 Å². The molecular weight excluding hydrogens is 681 g/mol. The molecule has 0 unspecified atom stereocenters. The predicted octanol–water partition coefficient (Wildman–Crippen LogP) is 5.13. The van der Waals surface area contributed by atoms with Gasteiger partial charge in [-0.2, -0.15) is 13.2 Å². The molecule has 0 atom stereocenters. The van der Waals surface area contributed by atoms with Crippen molar-refractivity contribution in [1.82, 2.24) is 4.40 Å². The third kappa shape index (κ3) is 6.99. The molecule has 6 rings (SSSR count). The van der Waals surface area contributed by atoms with E-state index in [0.29, 0.717) is 68.4 Å². The summed E-state index contributed by atoms with van der Waals surface area (Å²) in [5.74, 6) is -1.49.